The molecule has 4 fully saturated rings. The molecule has 0 saturated carbocycles. The van der Waals surface area contributed by atoms with Crippen LogP contribution in [0, 0.1) is 0 Å². The van der Waals surface area contributed by atoms with Crippen molar-refractivity contribution in [1.82, 2.24) is 58.8 Å². The lowest BCUT2D eigenvalue weighted by atomic mass is 10.4. The first-order chi connectivity index (χ1) is 23.0. The third-order valence-corrected chi connectivity index (χ3v) is 7.79. The molecule has 0 unspecified atom stereocenters. The maximum absolute atomic E-state index is 8.87. The summed E-state index contributed by atoms with van der Waals surface area (Å²) in [5.74, 6) is 0. The molecule has 48 heavy (non-hydrogen) atoms. The molecule has 18 heteroatoms. The summed E-state index contributed by atoms with van der Waals surface area (Å²) in [6.07, 6.45) is 0. The highest BCUT2D eigenvalue weighted by molar-refractivity contribution is 4.69. The molecule has 0 amide bonds. The molecule has 4 heterocycles. The fourth-order valence-electron chi connectivity index (χ4n) is 6.38. The Morgan fingerprint density at radius 2 is 0.396 bits per heavy atom. The Morgan fingerprint density at radius 3 is 0.604 bits per heavy atom. The third kappa shape index (κ3) is 20.8. The van der Waals surface area contributed by atoms with Crippen molar-refractivity contribution in [3.05, 3.63) is 0 Å². The van der Waals surface area contributed by atoms with Gasteiger partial charge in [-0.05, 0) is 42.3 Å². The topological polar surface area (TPSA) is 160 Å². The molecule has 0 spiro atoms. The molecule has 6 N–H and O–H groups in total. The maximum atomic E-state index is 8.87. The minimum atomic E-state index is 0.139. The first-order valence-electron chi connectivity index (χ1n) is 17.1. The highest BCUT2D eigenvalue weighted by Gasteiger charge is 2.22. The van der Waals surface area contributed by atoms with Crippen LogP contribution in [0.4, 0.5) is 0 Å². The van der Waals surface area contributed by atoms with Crippen molar-refractivity contribution in [2.24, 2.45) is 0 Å². The Kier molecular flexibility index (Phi) is 25.5. The van der Waals surface area contributed by atoms with E-state index in [-0.39, 0.29) is 39.6 Å². The van der Waals surface area contributed by atoms with Crippen molar-refractivity contribution in [2.75, 3.05) is 201 Å². The molecule has 4 rings (SSSR count). The molecule has 18 nitrogen and oxygen atoms in total. The van der Waals surface area contributed by atoms with E-state index in [1.165, 1.54) is 0 Å². The van der Waals surface area contributed by atoms with Gasteiger partial charge in [0.05, 0.1) is 120 Å². The highest BCUT2D eigenvalue weighted by atomic mass is 16.3. The molecule has 0 radical (unpaired) electrons. The smallest absolute Gasteiger partial charge is 0.0559 e. The summed E-state index contributed by atoms with van der Waals surface area (Å²) in [6.45, 7) is 16.2. The molecular weight excluding hydrogens is 624 g/mol. The number of hydrogen-bond donors (Lipinski definition) is 6. The van der Waals surface area contributed by atoms with Gasteiger partial charge in [-0.3, -0.25) is 58.8 Å². The number of hydrogen-bond acceptors (Lipinski definition) is 18. The molecule has 4 saturated heterocycles. The van der Waals surface area contributed by atoms with Crippen LogP contribution in [0.25, 0.3) is 0 Å². The van der Waals surface area contributed by atoms with E-state index in [1.54, 1.807) is 0 Å². The van der Waals surface area contributed by atoms with Gasteiger partial charge < -0.3 is 30.6 Å². The Bertz CT molecular complexity index is 688. The summed E-state index contributed by atoms with van der Waals surface area (Å²) in [4.78, 5) is 26.2. The molecular formula is C30H72N12O6. The molecule has 4 aliphatic heterocycles. The molecule has 0 aromatic heterocycles. The van der Waals surface area contributed by atoms with E-state index < -0.39 is 0 Å². The van der Waals surface area contributed by atoms with Crippen LogP contribution in [-0.2, 0) is 0 Å². The Hall–Kier alpha value is -0.720. The predicted molar refractivity (Wildman–Crippen MR) is 188 cm³/mol. The zero-order chi connectivity index (χ0) is 35.9. The second-order valence-corrected chi connectivity index (χ2v) is 13.5. The summed E-state index contributed by atoms with van der Waals surface area (Å²) in [5.41, 5.74) is 0. The van der Waals surface area contributed by atoms with Gasteiger partial charge in [0, 0.05) is 39.3 Å². The van der Waals surface area contributed by atoms with Gasteiger partial charge >= 0.3 is 0 Å². The van der Waals surface area contributed by atoms with E-state index in [0.29, 0.717) is 32.7 Å². The number of aliphatic hydroxyl groups excluding tert-OH is 6. The van der Waals surface area contributed by atoms with Crippen LogP contribution in [0.2, 0.25) is 0 Å². The summed E-state index contributed by atoms with van der Waals surface area (Å²) in [6, 6.07) is 0. The zero-order valence-electron chi connectivity index (χ0n) is 31.0. The molecule has 0 bridgehead atoms. The fraction of sp³-hybridized carbons (Fsp3) is 1.00. The van der Waals surface area contributed by atoms with Crippen LogP contribution in [0.3, 0.4) is 0 Å². The number of nitrogens with zero attached hydrogens (tertiary/aromatic N) is 12. The lowest BCUT2D eigenvalue weighted by molar-refractivity contribution is -0.0448. The second-order valence-electron chi connectivity index (χ2n) is 13.5. The van der Waals surface area contributed by atoms with Crippen LogP contribution in [-0.4, -0.2) is 291 Å². The van der Waals surface area contributed by atoms with Crippen molar-refractivity contribution in [1.29, 1.82) is 0 Å². The molecule has 0 aliphatic carbocycles. The van der Waals surface area contributed by atoms with Crippen LogP contribution < -0.4 is 0 Å². The minimum Gasteiger partial charge on any atom is -0.395 e. The first-order valence-corrected chi connectivity index (χ1v) is 17.1. The van der Waals surface area contributed by atoms with E-state index in [1.807, 2.05) is 7.05 Å². The van der Waals surface area contributed by atoms with Crippen LogP contribution in [0.1, 0.15) is 0 Å². The van der Waals surface area contributed by atoms with E-state index in [4.69, 9.17) is 30.6 Å². The lowest BCUT2D eigenvalue weighted by Crippen LogP contribution is -2.56. The van der Waals surface area contributed by atoms with E-state index in [2.05, 4.69) is 94.0 Å². The van der Waals surface area contributed by atoms with Crippen molar-refractivity contribution in [3.8, 4) is 0 Å². The summed E-state index contributed by atoms with van der Waals surface area (Å²) < 4.78 is 0. The van der Waals surface area contributed by atoms with Crippen molar-refractivity contribution >= 4 is 0 Å². The minimum absolute atomic E-state index is 0.139. The molecule has 288 valence electrons. The van der Waals surface area contributed by atoms with E-state index >= 15 is 0 Å². The van der Waals surface area contributed by atoms with Gasteiger partial charge in [0.1, 0.15) is 0 Å². The summed E-state index contributed by atoms with van der Waals surface area (Å²) in [5, 5.41) is 52.9. The number of aliphatic hydroxyl groups is 6. The third-order valence-electron chi connectivity index (χ3n) is 7.79. The average molecular weight is 697 g/mol. The molecule has 4 aliphatic rings. The number of β-amino-alcohol motifs (C(OH)–C–C–N with tert-alkyl or cyclic N) is 6. The Morgan fingerprint density at radius 1 is 0.250 bits per heavy atom. The quantitative estimate of drug-likeness (QED) is 0.115. The van der Waals surface area contributed by atoms with E-state index in [9.17, 15) is 0 Å². The normalized spacial score (nSPS) is 23.2. The van der Waals surface area contributed by atoms with Gasteiger partial charge in [-0.25, -0.2) is 0 Å². The van der Waals surface area contributed by atoms with Crippen LogP contribution in [0.15, 0.2) is 0 Å². The number of rotatable bonds is 12. The highest BCUT2D eigenvalue weighted by Crippen LogP contribution is 2.07. The van der Waals surface area contributed by atoms with Gasteiger partial charge in [0.15, 0.2) is 0 Å². The molecule has 0 aromatic carbocycles. The van der Waals surface area contributed by atoms with Crippen molar-refractivity contribution in [2.45, 2.75) is 0 Å². The largest absolute Gasteiger partial charge is 0.395 e. The van der Waals surface area contributed by atoms with Gasteiger partial charge in [-0.2, -0.15) is 0 Å². The van der Waals surface area contributed by atoms with Gasteiger partial charge in [0.2, 0.25) is 0 Å². The van der Waals surface area contributed by atoms with E-state index in [0.717, 1.165) is 86.6 Å². The summed E-state index contributed by atoms with van der Waals surface area (Å²) in [7, 11) is 12.6. The Balaban J connectivity index is 0.000000325. The van der Waals surface area contributed by atoms with Crippen molar-refractivity contribution < 1.29 is 30.6 Å². The maximum Gasteiger partial charge on any atom is 0.0559 e. The molecule has 0 aromatic rings. The van der Waals surface area contributed by atoms with Gasteiger partial charge in [-0.1, -0.05) is 0 Å². The fourth-order valence-corrected chi connectivity index (χ4v) is 6.38. The standard InChI is InChI=1S/C9H21N3O3.C8H19N3O2.C7H17N3O.C6H15N3/c13-4-1-10-7-11(2-5-14)9-12(8-10)3-6-15;1-9-6-10(2-4-12)8-11(7-9)3-5-13;1-8-5-9(2)7-10(6-8)3-4-11;1-7-4-8(2)6-9(3)5-7/h13-15H,1-9H2;12-13H,2-8H2,1H3;11H,3-7H2,1-2H3;4-6H2,1-3H3. The van der Waals surface area contributed by atoms with Crippen LogP contribution in [0.5, 0.6) is 0 Å². The first kappa shape index (κ1) is 45.3. The monoisotopic (exact) mass is 697 g/mol. The lowest BCUT2D eigenvalue weighted by Gasteiger charge is -2.41. The summed E-state index contributed by atoms with van der Waals surface area (Å²) >= 11 is 0. The Labute approximate surface area is 290 Å². The predicted octanol–water partition coefficient (Wildman–Crippen LogP) is -5.15. The van der Waals surface area contributed by atoms with Gasteiger partial charge in [0.25, 0.3) is 0 Å². The SMILES string of the molecule is CN1CN(C)CN(C)C1.CN1CN(C)CN(CCO)C1.CN1CN(CCO)CN(CCO)C1.OCCN1CN(CCO)CN(CCO)C1. The average Bonchev–Trinajstić information content (AvgIpc) is 2.98. The van der Waals surface area contributed by atoms with Crippen molar-refractivity contribution in [3.63, 3.8) is 0 Å². The second kappa shape index (κ2) is 27.0. The van der Waals surface area contributed by atoms with Gasteiger partial charge in [-0.15, -0.1) is 0 Å². The molecule has 0 atom stereocenters. The van der Waals surface area contributed by atoms with Crippen LogP contribution >= 0.6 is 0 Å². The zero-order valence-corrected chi connectivity index (χ0v) is 31.0.